The van der Waals surface area contributed by atoms with Gasteiger partial charge in [-0.3, -0.25) is 14.5 Å². The Morgan fingerprint density at radius 3 is 2.58 bits per heavy atom. The number of nitrogens with zero attached hydrogens (tertiary/aromatic N) is 2. The van der Waals surface area contributed by atoms with Crippen LogP contribution in [0.1, 0.15) is 46.4 Å². The number of aromatic nitrogens is 1. The average Bonchev–Trinajstić information content (AvgIpc) is 3.51. The van der Waals surface area contributed by atoms with Crippen molar-refractivity contribution in [2.24, 2.45) is 0 Å². The summed E-state index contributed by atoms with van der Waals surface area (Å²) >= 11 is 0. The first-order chi connectivity index (χ1) is 17.5. The molecule has 1 aliphatic heterocycles. The standard InChI is InChI=1S/C28H26N2O6/c1-34-22-12-9-17(15-23(22)35-2)14-18-10-11-20-26(19-6-3-4-7-21(19)29-27(18)20)28(33)36-16-25(32)30-13-5-8-24(30)31/h3-4,6-7,9,12,14-15H,5,8,10-11,13,16H2,1-2H3. The van der Waals surface area contributed by atoms with Crippen LogP contribution in [0, 0.1) is 0 Å². The normalized spacial score (nSPS) is 15.9. The molecular weight excluding hydrogens is 460 g/mol. The molecule has 0 atom stereocenters. The van der Waals surface area contributed by atoms with Crippen LogP contribution in [0.4, 0.5) is 0 Å². The lowest BCUT2D eigenvalue weighted by Crippen LogP contribution is -2.35. The molecule has 8 heteroatoms. The molecule has 0 spiro atoms. The van der Waals surface area contributed by atoms with Crippen LogP contribution in [0.25, 0.3) is 22.6 Å². The van der Waals surface area contributed by atoms with E-state index in [0.29, 0.717) is 60.2 Å². The number of pyridine rings is 1. The fourth-order valence-electron chi connectivity index (χ4n) is 4.85. The summed E-state index contributed by atoms with van der Waals surface area (Å²) in [4.78, 5) is 43.6. The van der Waals surface area contributed by atoms with Crippen LogP contribution in [0.15, 0.2) is 42.5 Å². The number of allylic oxidation sites excluding steroid dienone is 1. The van der Waals surface area contributed by atoms with Crippen molar-refractivity contribution in [2.45, 2.75) is 25.7 Å². The zero-order chi connectivity index (χ0) is 25.2. The van der Waals surface area contributed by atoms with Gasteiger partial charge in [0.2, 0.25) is 5.91 Å². The number of amides is 2. The minimum Gasteiger partial charge on any atom is -0.493 e. The Labute approximate surface area is 208 Å². The number of carbonyl (C=O) groups is 3. The van der Waals surface area contributed by atoms with Gasteiger partial charge < -0.3 is 14.2 Å². The van der Waals surface area contributed by atoms with Crippen LogP contribution in [0.3, 0.4) is 0 Å². The molecule has 1 saturated heterocycles. The number of imide groups is 1. The van der Waals surface area contributed by atoms with Crippen LogP contribution < -0.4 is 9.47 Å². The second kappa shape index (κ2) is 9.81. The summed E-state index contributed by atoms with van der Waals surface area (Å²) in [7, 11) is 3.19. The van der Waals surface area contributed by atoms with Gasteiger partial charge in [-0.05, 0) is 60.2 Å². The molecule has 1 aliphatic carbocycles. The molecule has 2 heterocycles. The van der Waals surface area contributed by atoms with Gasteiger partial charge in [0.15, 0.2) is 18.1 Å². The number of benzene rings is 2. The van der Waals surface area contributed by atoms with Crippen LogP contribution in [-0.4, -0.2) is 55.0 Å². The minimum atomic E-state index is -0.586. The van der Waals surface area contributed by atoms with E-state index >= 15 is 0 Å². The highest BCUT2D eigenvalue weighted by atomic mass is 16.5. The first-order valence-electron chi connectivity index (χ1n) is 11.8. The van der Waals surface area contributed by atoms with E-state index in [-0.39, 0.29) is 5.91 Å². The topological polar surface area (TPSA) is 95.0 Å². The van der Waals surface area contributed by atoms with Crippen molar-refractivity contribution in [2.75, 3.05) is 27.4 Å². The highest BCUT2D eigenvalue weighted by Crippen LogP contribution is 2.38. The zero-order valence-corrected chi connectivity index (χ0v) is 20.2. The molecular formula is C28H26N2O6. The number of carbonyl (C=O) groups excluding carboxylic acids is 3. The van der Waals surface area contributed by atoms with E-state index in [4.69, 9.17) is 19.2 Å². The van der Waals surface area contributed by atoms with Gasteiger partial charge in [0, 0.05) is 18.4 Å². The summed E-state index contributed by atoms with van der Waals surface area (Å²) in [6.07, 6.45) is 4.34. The number of rotatable bonds is 6. The van der Waals surface area contributed by atoms with Crippen LogP contribution >= 0.6 is 0 Å². The Balaban J connectivity index is 1.49. The fraction of sp³-hybridized carbons (Fsp3) is 0.286. The van der Waals surface area contributed by atoms with Crippen molar-refractivity contribution in [3.05, 3.63) is 64.8 Å². The van der Waals surface area contributed by atoms with E-state index in [0.717, 1.165) is 27.3 Å². The van der Waals surface area contributed by atoms with E-state index in [1.165, 1.54) is 0 Å². The first kappa shape index (κ1) is 23.5. The maximum absolute atomic E-state index is 13.3. The van der Waals surface area contributed by atoms with Crippen LogP contribution in [-0.2, 0) is 20.7 Å². The molecule has 0 N–H and O–H groups in total. The molecule has 0 unspecified atom stereocenters. The number of methoxy groups -OCH3 is 2. The second-order valence-electron chi connectivity index (χ2n) is 8.73. The van der Waals surface area contributed by atoms with Crippen molar-refractivity contribution in [3.63, 3.8) is 0 Å². The molecule has 2 aromatic carbocycles. The predicted octanol–water partition coefficient (Wildman–Crippen LogP) is 4.04. The number of esters is 1. The number of para-hydroxylation sites is 1. The first-order valence-corrected chi connectivity index (χ1v) is 11.8. The predicted molar refractivity (Wildman–Crippen MR) is 134 cm³/mol. The highest BCUT2D eigenvalue weighted by Gasteiger charge is 2.30. The van der Waals surface area contributed by atoms with Gasteiger partial charge in [-0.1, -0.05) is 24.3 Å². The van der Waals surface area contributed by atoms with Gasteiger partial charge in [-0.25, -0.2) is 9.78 Å². The van der Waals surface area contributed by atoms with E-state index < -0.39 is 18.5 Å². The van der Waals surface area contributed by atoms with E-state index in [9.17, 15) is 14.4 Å². The third kappa shape index (κ3) is 4.30. The molecule has 2 amide bonds. The van der Waals surface area contributed by atoms with Gasteiger partial charge >= 0.3 is 5.97 Å². The molecule has 36 heavy (non-hydrogen) atoms. The van der Waals surface area contributed by atoms with E-state index in [1.807, 2.05) is 48.5 Å². The van der Waals surface area contributed by atoms with Gasteiger partial charge in [-0.2, -0.15) is 0 Å². The molecule has 0 radical (unpaired) electrons. The Bertz CT molecular complexity index is 1410. The van der Waals surface area contributed by atoms with E-state index in [1.54, 1.807) is 14.2 Å². The lowest BCUT2D eigenvalue weighted by atomic mass is 10.0. The Kier molecular flexibility index (Phi) is 6.41. The van der Waals surface area contributed by atoms with Gasteiger partial charge in [0.25, 0.3) is 5.91 Å². The average molecular weight is 487 g/mol. The molecule has 8 nitrogen and oxygen atoms in total. The highest BCUT2D eigenvalue weighted by molar-refractivity contribution is 6.08. The summed E-state index contributed by atoms with van der Waals surface area (Å²) in [6, 6.07) is 13.1. The largest absolute Gasteiger partial charge is 0.493 e. The second-order valence-corrected chi connectivity index (χ2v) is 8.73. The molecule has 0 saturated carbocycles. The molecule has 1 fully saturated rings. The lowest BCUT2D eigenvalue weighted by Gasteiger charge is -2.15. The number of hydrogen-bond acceptors (Lipinski definition) is 7. The van der Waals surface area contributed by atoms with Gasteiger partial charge in [0.1, 0.15) is 0 Å². The maximum atomic E-state index is 13.3. The van der Waals surface area contributed by atoms with Gasteiger partial charge in [-0.15, -0.1) is 0 Å². The summed E-state index contributed by atoms with van der Waals surface area (Å²) < 4.78 is 16.2. The van der Waals surface area contributed by atoms with Crippen molar-refractivity contribution in [1.29, 1.82) is 0 Å². The van der Waals surface area contributed by atoms with Crippen molar-refractivity contribution in [3.8, 4) is 11.5 Å². The molecule has 5 rings (SSSR count). The van der Waals surface area contributed by atoms with Gasteiger partial charge in [0.05, 0.1) is 31.0 Å². The Hall–Kier alpha value is -4.20. The number of hydrogen-bond donors (Lipinski definition) is 0. The third-order valence-electron chi connectivity index (χ3n) is 6.60. The smallest absolute Gasteiger partial charge is 0.339 e. The summed E-state index contributed by atoms with van der Waals surface area (Å²) in [5.74, 6) is -0.0314. The number of ether oxygens (including phenoxy) is 3. The van der Waals surface area contributed by atoms with E-state index in [2.05, 4.69) is 0 Å². The summed E-state index contributed by atoms with van der Waals surface area (Å²) in [5, 5.41) is 0.679. The fourth-order valence-corrected chi connectivity index (χ4v) is 4.85. The molecule has 3 aromatic rings. The SMILES string of the molecule is COc1ccc(C=C2CCc3c2nc2ccccc2c3C(=O)OCC(=O)N2CCCC2=O)cc1OC. The monoisotopic (exact) mass is 486 g/mol. The molecule has 2 aliphatic rings. The van der Waals surface area contributed by atoms with Crippen LogP contribution in [0.2, 0.25) is 0 Å². The lowest BCUT2D eigenvalue weighted by molar-refractivity contribution is -0.143. The quantitative estimate of drug-likeness (QED) is 0.485. The number of fused-ring (bicyclic) bond motifs is 2. The summed E-state index contributed by atoms with van der Waals surface area (Å²) in [5.41, 5.74) is 4.56. The number of likely N-dealkylation sites (tertiary alicyclic amines) is 1. The van der Waals surface area contributed by atoms with Crippen molar-refractivity contribution >= 4 is 40.3 Å². The molecule has 184 valence electrons. The Morgan fingerprint density at radius 2 is 1.83 bits per heavy atom. The molecule has 1 aromatic heterocycles. The maximum Gasteiger partial charge on any atom is 0.339 e. The minimum absolute atomic E-state index is 0.226. The summed E-state index contributed by atoms with van der Waals surface area (Å²) in [6.45, 7) is -0.0998. The van der Waals surface area contributed by atoms with Crippen LogP contribution in [0.5, 0.6) is 11.5 Å². The van der Waals surface area contributed by atoms with Crippen molar-refractivity contribution < 1.29 is 28.6 Å². The van der Waals surface area contributed by atoms with Crippen molar-refractivity contribution in [1.82, 2.24) is 9.88 Å². The molecule has 0 bridgehead atoms. The zero-order valence-electron chi connectivity index (χ0n) is 20.2. The third-order valence-corrected chi connectivity index (χ3v) is 6.60. The Morgan fingerprint density at radius 1 is 1.03 bits per heavy atom.